The summed E-state index contributed by atoms with van der Waals surface area (Å²) in [7, 11) is 2.02. The zero-order valence-electron chi connectivity index (χ0n) is 11.6. The summed E-state index contributed by atoms with van der Waals surface area (Å²) in [5.74, 6) is 1.13. The number of nitrogens with two attached hydrogens (primary N) is 1. The topological polar surface area (TPSA) is 68.2 Å². The molecule has 0 aliphatic rings. The van der Waals surface area contributed by atoms with Gasteiger partial charge in [0.1, 0.15) is 0 Å². The zero-order valence-corrected chi connectivity index (χ0v) is 11.6. The van der Waals surface area contributed by atoms with Gasteiger partial charge in [-0.25, -0.2) is 0 Å². The van der Waals surface area contributed by atoms with E-state index in [-0.39, 0.29) is 0 Å². The Hall–Kier alpha value is -1.72. The smallest absolute Gasteiger partial charge is 0.240 e. The van der Waals surface area contributed by atoms with Gasteiger partial charge in [0.25, 0.3) is 0 Å². The maximum absolute atomic E-state index is 5.93. The first-order valence-electron chi connectivity index (χ1n) is 6.29. The van der Waals surface area contributed by atoms with E-state index in [0.29, 0.717) is 18.3 Å². The van der Waals surface area contributed by atoms with E-state index in [1.807, 2.05) is 39.1 Å². The van der Waals surface area contributed by atoms with Gasteiger partial charge in [-0.1, -0.05) is 35.5 Å². The van der Waals surface area contributed by atoms with Crippen molar-refractivity contribution in [3.8, 4) is 0 Å². The summed E-state index contributed by atoms with van der Waals surface area (Å²) in [6.07, 6.45) is 0. The van der Waals surface area contributed by atoms with Gasteiger partial charge in [-0.05, 0) is 26.5 Å². The quantitative estimate of drug-likeness (QED) is 0.889. The molecule has 0 saturated heterocycles. The normalized spacial score (nSPS) is 12.1. The summed E-state index contributed by atoms with van der Waals surface area (Å²) in [5, 5.41) is 3.91. The van der Waals surface area contributed by atoms with Crippen molar-refractivity contribution in [1.29, 1.82) is 0 Å². The molecule has 19 heavy (non-hydrogen) atoms. The van der Waals surface area contributed by atoms with E-state index in [1.54, 1.807) is 0 Å². The largest absolute Gasteiger partial charge is 0.338 e. The van der Waals surface area contributed by atoms with Gasteiger partial charge in [-0.15, -0.1) is 0 Å². The van der Waals surface area contributed by atoms with E-state index < -0.39 is 5.54 Å². The van der Waals surface area contributed by atoms with E-state index in [1.165, 1.54) is 5.56 Å². The van der Waals surface area contributed by atoms with Gasteiger partial charge in [0.05, 0.1) is 12.1 Å². The molecular formula is C14H20N4O. The Bertz CT molecular complexity index is 516. The van der Waals surface area contributed by atoms with Crippen LogP contribution in [0.4, 0.5) is 0 Å². The van der Waals surface area contributed by atoms with Gasteiger partial charge >= 0.3 is 0 Å². The van der Waals surface area contributed by atoms with Crippen molar-refractivity contribution in [3.63, 3.8) is 0 Å². The van der Waals surface area contributed by atoms with Gasteiger partial charge in [-0.3, -0.25) is 4.90 Å². The van der Waals surface area contributed by atoms with Crippen LogP contribution in [0.2, 0.25) is 0 Å². The molecule has 102 valence electrons. The van der Waals surface area contributed by atoms with E-state index >= 15 is 0 Å². The zero-order chi connectivity index (χ0) is 13.9. The third kappa shape index (κ3) is 3.87. The van der Waals surface area contributed by atoms with E-state index in [9.17, 15) is 0 Å². The van der Waals surface area contributed by atoms with Gasteiger partial charge in [0.2, 0.25) is 5.89 Å². The van der Waals surface area contributed by atoms with Crippen LogP contribution >= 0.6 is 0 Å². The third-order valence-corrected chi connectivity index (χ3v) is 2.74. The molecule has 2 N–H and O–H groups in total. The highest BCUT2D eigenvalue weighted by Gasteiger charge is 2.21. The number of hydrogen-bond acceptors (Lipinski definition) is 5. The van der Waals surface area contributed by atoms with Crippen molar-refractivity contribution in [3.05, 3.63) is 47.6 Å². The maximum Gasteiger partial charge on any atom is 0.240 e. The molecule has 0 atom stereocenters. The van der Waals surface area contributed by atoms with Crippen LogP contribution in [0.3, 0.4) is 0 Å². The van der Waals surface area contributed by atoms with Crippen molar-refractivity contribution < 1.29 is 4.52 Å². The minimum Gasteiger partial charge on any atom is -0.338 e. The van der Waals surface area contributed by atoms with E-state index in [4.69, 9.17) is 10.3 Å². The molecule has 0 bridgehead atoms. The summed E-state index contributed by atoms with van der Waals surface area (Å²) < 4.78 is 5.22. The van der Waals surface area contributed by atoms with Crippen molar-refractivity contribution in [1.82, 2.24) is 15.0 Å². The van der Waals surface area contributed by atoms with Crippen molar-refractivity contribution in [2.75, 3.05) is 7.05 Å². The highest BCUT2D eigenvalue weighted by molar-refractivity contribution is 5.14. The molecule has 1 heterocycles. The van der Waals surface area contributed by atoms with Crippen LogP contribution in [0.25, 0.3) is 0 Å². The highest BCUT2D eigenvalue weighted by Crippen LogP contribution is 2.13. The van der Waals surface area contributed by atoms with Crippen LogP contribution in [-0.4, -0.2) is 22.1 Å². The monoisotopic (exact) mass is 260 g/mol. The average molecular weight is 260 g/mol. The Morgan fingerprint density at radius 2 is 1.89 bits per heavy atom. The fourth-order valence-electron chi connectivity index (χ4n) is 1.76. The van der Waals surface area contributed by atoms with Crippen LogP contribution in [0.15, 0.2) is 34.9 Å². The van der Waals surface area contributed by atoms with Crippen molar-refractivity contribution in [2.24, 2.45) is 5.73 Å². The van der Waals surface area contributed by atoms with Crippen LogP contribution in [0.1, 0.15) is 31.1 Å². The van der Waals surface area contributed by atoms with Gasteiger partial charge in [-0.2, -0.15) is 4.98 Å². The standard InChI is InChI=1S/C14H20N4O/c1-14(2,15)13-16-12(19-17-13)10-18(3)9-11-7-5-4-6-8-11/h4-8H,9-10,15H2,1-3H3. The molecule has 5 heteroatoms. The number of rotatable bonds is 5. The molecule has 0 saturated carbocycles. The second kappa shape index (κ2) is 5.50. The maximum atomic E-state index is 5.93. The van der Waals surface area contributed by atoms with Crippen molar-refractivity contribution in [2.45, 2.75) is 32.5 Å². The second-order valence-corrected chi connectivity index (χ2v) is 5.39. The molecule has 2 rings (SSSR count). The molecule has 0 radical (unpaired) electrons. The predicted octanol–water partition coefficient (Wildman–Crippen LogP) is 1.90. The Morgan fingerprint density at radius 3 is 2.47 bits per heavy atom. The van der Waals surface area contributed by atoms with Crippen LogP contribution in [-0.2, 0) is 18.6 Å². The molecule has 0 aliphatic carbocycles. The molecule has 0 spiro atoms. The lowest BCUT2D eigenvalue weighted by Gasteiger charge is -2.14. The molecule has 1 aromatic carbocycles. The lowest BCUT2D eigenvalue weighted by atomic mass is 10.1. The number of nitrogens with zero attached hydrogens (tertiary/aromatic N) is 3. The molecule has 1 aromatic heterocycles. The summed E-state index contributed by atoms with van der Waals surface area (Å²) in [6, 6.07) is 10.3. The molecule has 2 aromatic rings. The minimum atomic E-state index is -0.570. The first-order valence-corrected chi connectivity index (χ1v) is 6.29. The Labute approximate surface area is 113 Å². The fraction of sp³-hybridized carbons (Fsp3) is 0.429. The predicted molar refractivity (Wildman–Crippen MR) is 73.1 cm³/mol. The molecule has 5 nitrogen and oxygen atoms in total. The van der Waals surface area contributed by atoms with Crippen LogP contribution < -0.4 is 5.73 Å². The number of aromatic nitrogens is 2. The third-order valence-electron chi connectivity index (χ3n) is 2.74. The number of hydrogen-bond donors (Lipinski definition) is 1. The first kappa shape index (κ1) is 13.7. The highest BCUT2D eigenvalue weighted by atomic mass is 16.5. The van der Waals surface area contributed by atoms with Gasteiger partial charge < -0.3 is 10.3 Å². The Balaban J connectivity index is 1.96. The molecular weight excluding hydrogens is 240 g/mol. The summed E-state index contributed by atoms with van der Waals surface area (Å²) >= 11 is 0. The summed E-state index contributed by atoms with van der Waals surface area (Å²) in [6.45, 7) is 5.16. The number of benzene rings is 1. The second-order valence-electron chi connectivity index (χ2n) is 5.39. The lowest BCUT2D eigenvalue weighted by molar-refractivity contribution is 0.259. The fourth-order valence-corrected chi connectivity index (χ4v) is 1.76. The Kier molecular flexibility index (Phi) is 3.97. The van der Waals surface area contributed by atoms with Gasteiger partial charge in [0.15, 0.2) is 5.82 Å². The molecule has 0 fully saturated rings. The van der Waals surface area contributed by atoms with Gasteiger partial charge in [0, 0.05) is 6.54 Å². The lowest BCUT2D eigenvalue weighted by Crippen LogP contribution is -2.30. The Morgan fingerprint density at radius 1 is 1.21 bits per heavy atom. The summed E-state index contributed by atoms with van der Waals surface area (Å²) in [5.41, 5.74) is 6.61. The van der Waals surface area contributed by atoms with E-state index in [0.717, 1.165) is 6.54 Å². The van der Waals surface area contributed by atoms with Crippen molar-refractivity contribution >= 4 is 0 Å². The SMILES string of the molecule is CN(Cc1ccccc1)Cc1nc(C(C)(C)N)no1. The van der Waals surface area contributed by atoms with Crippen LogP contribution in [0.5, 0.6) is 0 Å². The summed E-state index contributed by atoms with van der Waals surface area (Å²) in [4.78, 5) is 6.44. The molecule has 0 unspecified atom stereocenters. The van der Waals surface area contributed by atoms with Crippen LogP contribution in [0, 0.1) is 0 Å². The van der Waals surface area contributed by atoms with E-state index in [2.05, 4.69) is 27.2 Å². The molecule has 0 amide bonds. The molecule has 0 aliphatic heterocycles. The average Bonchev–Trinajstić information content (AvgIpc) is 2.78. The minimum absolute atomic E-state index is 0.538. The first-order chi connectivity index (χ1) is 8.95.